The van der Waals surface area contributed by atoms with Crippen LogP contribution in [0.4, 0.5) is 13.2 Å². The van der Waals surface area contributed by atoms with Gasteiger partial charge in [-0.1, -0.05) is 46.6 Å². The van der Waals surface area contributed by atoms with Crippen molar-refractivity contribution in [3.63, 3.8) is 0 Å². The Morgan fingerprint density at radius 2 is 1.70 bits per heavy atom. The summed E-state index contributed by atoms with van der Waals surface area (Å²) >= 11 is 18.2. The Labute approximate surface area is 131 Å². The molecule has 9 heteroatoms. The van der Waals surface area contributed by atoms with E-state index in [1.165, 1.54) is 12.1 Å². The molecule has 0 amide bonds. The highest BCUT2D eigenvalue weighted by Gasteiger charge is 2.35. The molecule has 0 aliphatic rings. The van der Waals surface area contributed by atoms with E-state index in [1.807, 2.05) is 0 Å². The SMILES string of the molecule is FC(F)(F)c1nc(Cl)cc(Sc2cc(Cl)ccc2Cl)n1. The zero-order chi connectivity index (χ0) is 14.9. The van der Waals surface area contributed by atoms with Gasteiger partial charge in [-0.25, -0.2) is 9.97 Å². The van der Waals surface area contributed by atoms with Crippen LogP contribution >= 0.6 is 46.6 Å². The summed E-state index contributed by atoms with van der Waals surface area (Å²) in [5.74, 6) is -1.30. The topological polar surface area (TPSA) is 25.8 Å². The second kappa shape index (κ2) is 5.97. The van der Waals surface area contributed by atoms with E-state index in [0.29, 0.717) is 14.9 Å². The summed E-state index contributed by atoms with van der Waals surface area (Å²) in [5, 5.41) is 0.491. The van der Waals surface area contributed by atoms with E-state index in [2.05, 4.69) is 9.97 Å². The van der Waals surface area contributed by atoms with Crippen molar-refractivity contribution in [3.8, 4) is 0 Å². The van der Waals surface area contributed by atoms with Crippen molar-refractivity contribution in [2.75, 3.05) is 0 Å². The fourth-order valence-electron chi connectivity index (χ4n) is 1.24. The number of rotatable bonds is 2. The van der Waals surface area contributed by atoms with Gasteiger partial charge in [-0.2, -0.15) is 13.2 Å². The second-order valence-corrected chi connectivity index (χ2v) is 5.82. The number of nitrogens with zero attached hydrogens (tertiary/aromatic N) is 2. The largest absolute Gasteiger partial charge is 0.451 e. The lowest BCUT2D eigenvalue weighted by Crippen LogP contribution is -2.11. The van der Waals surface area contributed by atoms with Crippen molar-refractivity contribution >= 4 is 46.6 Å². The third-order valence-electron chi connectivity index (χ3n) is 2.03. The molecule has 2 nitrogen and oxygen atoms in total. The minimum atomic E-state index is -4.67. The van der Waals surface area contributed by atoms with Gasteiger partial charge in [0, 0.05) is 16.0 Å². The van der Waals surface area contributed by atoms with Crippen LogP contribution < -0.4 is 0 Å². The fraction of sp³-hybridized carbons (Fsp3) is 0.0909. The molecule has 0 atom stereocenters. The molecule has 0 bridgehead atoms. The van der Waals surface area contributed by atoms with Gasteiger partial charge < -0.3 is 0 Å². The molecule has 0 spiro atoms. The van der Waals surface area contributed by atoms with E-state index in [4.69, 9.17) is 34.8 Å². The van der Waals surface area contributed by atoms with E-state index in [0.717, 1.165) is 11.8 Å². The second-order valence-electron chi connectivity index (χ2n) is 3.53. The maximum atomic E-state index is 12.6. The van der Waals surface area contributed by atoms with Crippen molar-refractivity contribution in [1.29, 1.82) is 0 Å². The van der Waals surface area contributed by atoms with Crippen LogP contribution in [0, 0.1) is 0 Å². The van der Waals surface area contributed by atoms with Gasteiger partial charge >= 0.3 is 6.18 Å². The van der Waals surface area contributed by atoms with Crippen LogP contribution in [0.1, 0.15) is 5.82 Å². The monoisotopic (exact) mass is 358 g/mol. The minimum Gasteiger partial charge on any atom is -0.217 e. The van der Waals surface area contributed by atoms with E-state index < -0.39 is 12.0 Å². The predicted octanol–water partition coefficient (Wildman–Crippen LogP) is 5.61. The van der Waals surface area contributed by atoms with Crippen molar-refractivity contribution < 1.29 is 13.2 Å². The van der Waals surface area contributed by atoms with Gasteiger partial charge in [-0.05, 0) is 18.2 Å². The number of benzene rings is 1. The number of halogens is 6. The van der Waals surface area contributed by atoms with Crippen LogP contribution in [0.3, 0.4) is 0 Å². The van der Waals surface area contributed by atoms with Gasteiger partial charge in [0.25, 0.3) is 0 Å². The molecule has 20 heavy (non-hydrogen) atoms. The first kappa shape index (κ1) is 15.7. The summed E-state index contributed by atoms with van der Waals surface area (Å²) < 4.78 is 37.8. The smallest absolute Gasteiger partial charge is 0.217 e. The zero-order valence-corrected chi connectivity index (χ0v) is 12.5. The summed E-state index contributed by atoms with van der Waals surface area (Å²) in [6, 6.07) is 5.86. The average Bonchev–Trinajstić information content (AvgIpc) is 2.32. The third-order valence-corrected chi connectivity index (χ3v) is 3.88. The van der Waals surface area contributed by atoms with Gasteiger partial charge in [0.1, 0.15) is 10.2 Å². The summed E-state index contributed by atoms with van der Waals surface area (Å²) in [5.41, 5.74) is 0. The molecule has 0 fully saturated rings. The summed E-state index contributed by atoms with van der Waals surface area (Å²) in [6.45, 7) is 0. The van der Waals surface area contributed by atoms with Gasteiger partial charge in [0.05, 0.1) is 5.02 Å². The van der Waals surface area contributed by atoms with Crippen molar-refractivity contribution in [3.05, 3.63) is 45.3 Å². The van der Waals surface area contributed by atoms with Gasteiger partial charge in [-0.3, -0.25) is 0 Å². The van der Waals surface area contributed by atoms with Crippen molar-refractivity contribution in [1.82, 2.24) is 9.97 Å². The predicted molar refractivity (Wildman–Crippen MR) is 72.6 cm³/mol. The highest BCUT2D eigenvalue weighted by Crippen LogP contribution is 2.36. The Morgan fingerprint density at radius 1 is 1.00 bits per heavy atom. The van der Waals surface area contributed by atoms with Crippen LogP contribution in [-0.4, -0.2) is 9.97 Å². The molecule has 0 saturated heterocycles. The first-order chi connectivity index (χ1) is 9.25. The van der Waals surface area contributed by atoms with E-state index in [1.54, 1.807) is 12.1 Å². The average molecular weight is 360 g/mol. The van der Waals surface area contributed by atoms with Crippen LogP contribution in [0.25, 0.3) is 0 Å². The van der Waals surface area contributed by atoms with Crippen LogP contribution in [-0.2, 0) is 6.18 Å². The van der Waals surface area contributed by atoms with Gasteiger partial charge in [0.2, 0.25) is 5.82 Å². The molecule has 0 N–H and O–H groups in total. The lowest BCUT2D eigenvalue weighted by atomic mass is 10.4. The van der Waals surface area contributed by atoms with Gasteiger partial charge in [0.15, 0.2) is 0 Å². The molecule has 0 aliphatic heterocycles. The van der Waals surface area contributed by atoms with Crippen molar-refractivity contribution in [2.45, 2.75) is 16.1 Å². The Balaban J connectivity index is 2.39. The van der Waals surface area contributed by atoms with Crippen molar-refractivity contribution in [2.24, 2.45) is 0 Å². The number of hydrogen-bond donors (Lipinski definition) is 0. The number of hydrogen-bond acceptors (Lipinski definition) is 3. The minimum absolute atomic E-state index is 0.0292. The molecular formula is C11H4Cl3F3N2S. The summed E-state index contributed by atoms with van der Waals surface area (Å²) in [7, 11) is 0. The Hall–Kier alpha value is -0.690. The first-order valence-electron chi connectivity index (χ1n) is 5.00. The molecule has 2 rings (SSSR count). The quantitative estimate of drug-likeness (QED) is 0.652. The molecule has 0 radical (unpaired) electrons. The third kappa shape index (κ3) is 3.91. The standard InChI is InChI=1S/C11H4Cl3F3N2S/c12-5-1-2-6(13)7(3-5)20-9-4-8(14)18-10(19-9)11(15,16)17/h1-4H. The maximum absolute atomic E-state index is 12.6. The van der Waals surface area contributed by atoms with E-state index in [9.17, 15) is 13.2 Å². The fourth-order valence-corrected chi connectivity index (χ4v) is 2.84. The molecule has 1 aromatic carbocycles. The highest BCUT2D eigenvalue weighted by molar-refractivity contribution is 7.99. The van der Waals surface area contributed by atoms with Crippen LogP contribution in [0.15, 0.2) is 34.2 Å². The molecule has 0 saturated carbocycles. The molecular weight excluding hydrogens is 356 g/mol. The first-order valence-corrected chi connectivity index (χ1v) is 6.95. The Kier molecular flexibility index (Phi) is 4.69. The van der Waals surface area contributed by atoms with E-state index >= 15 is 0 Å². The molecule has 0 aliphatic carbocycles. The summed E-state index contributed by atoms with van der Waals surface area (Å²) in [6.07, 6.45) is -4.67. The summed E-state index contributed by atoms with van der Waals surface area (Å²) in [4.78, 5) is 7.03. The highest BCUT2D eigenvalue weighted by atomic mass is 35.5. The molecule has 106 valence electrons. The molecule has 1 aromatic heterocycles. The Morgan fingerprint density at radius 3 is 2.35 bits per heavy atom. The number of aromatic nitrogens is 2. The maximum Gasteiger partial charge on any atom is 0.451 e. The molecule has 1 heterocycles. The Bertz CT molecular complexity index is 649. The lowest BCUT2D eigenvalue weighted by Gasteiger charge is -2.08. The van der Waals surface area contributed by atoms with Crippen LogP contribution in [0.2, 0.25) is 15.2 Å². The molecule has 0 unspecified atom stereocenters. The molecule has 2 aromatic rings. The zero-order valence-electron chi connectivity index (χ0n) is 9.38. The lowest BCUT2D eigenvalue weighted by molar-refractivity contribution is -0.145. The van der Waals surface area contributed by atoms with E-state index in [-0.39, 0.29) is 10.2 Å². The number of alkyl halides is 3. The normalized spacial score (nSPS) is 11.7. The van der Waals surface area contributed by atoms with Crippen LogP contribution in [0.5, 0.6) is 0 Å². The van der Waals surface area contributed by atoms with Gasteiger partial charge in [-0.15, -0.1) is 0 Å².